The molecule has 1 saturated carbocycles. The predicted octanol–water partition coefficient (Wildman–Crippen LogP) is 1.88. The second kappa shape index (κ2) is 6.92. The van der Waals surface area contributed by atoms with Crippen LogP contribution in [0.15, 0.2) is 21.7 Å². The van der Waals surface area contributed by atoms with Crippen molar-refractivity contribution in [1.29, 1.82) is 0 Å². The number of H-pyrrole nitrogens is 1. The van der Waals surface area contributed by atoms with Crippen molar-refractivity contribution in [2.24, 2.45) is 11.7 Å². The number of aromatic nitrogens is 2. The molecule has 2 aromatic rings. The lowest BCUT2D eigenvalue weighted by molar-refractivity contribution is 0.355. The van der Waals surface area contributed by atoms with Crippen LogP contribution in [-0.4, -0.2) is 41.3 Å². The Morgan fingerprint density at radius 2 is 2.03 bits per heavy atom. The van der Waals surface area contributed by atoms with E-state index in [1.54, 1.807) is 17.7 Å². The Morgan fingerprint density at radius 3 is 2.66 bits per heavy atom. The Labute approximate surface area is 169 Å². The minimum Gasteiger partial charge on any atom is -0.492 e. The standard InChI is InChI=1S/C21H27N5O3/c1-21(2,23-3)18(22)12-9-10-25(11-12)15-8-7-14-16(17(15)29-4)26(13-5-6-13)20(28)24-19(14)27/h7-8,12-13,18H,5-6,9-11,22H2,1-2,4H3,(H,24,27,28). The van der Waals surface area contributed by atoms with E-state index in [1.807, 2.05) is 19.9 Å². The van der Waals surface area contributed by atoms with Crippen molar-refractivity contribution in [3.63, 3.8) is 0 Å². The normalized spacial score (nSPS) is 20.7. The van der Waals surface area contributed by atoms with E-state index in [1.165, 1.54) is 0 Å². The maximum atomic E-state index is 12.5. The van der Waals surface area contributed by atoms with Crippen LogP contribution in [-0.2, 0) is 0 Å². The number of methoxy groups -OCH3 is 1. The fraction of sp³-hybridized carbons (Fsp3) is 0.571. The molecule has 154 valence electrons. The zero-order valence-electron chi connectivity index (χ0n) is 17.1. The van der Waals surface area contributed by atoms with E-state index in [4.69, 9.17) is 17.0 Å². The van der Waals surface area contributed by atoms with Crippen LogP contribution in [0, 0.1) is 12.5 Å². The molecule has 2 heterocycles. The van der Waals surface area contributed by atoms with Gasteiger partial charge in [0.25, 0.3) is 5.56 Å². The van der Waals surface area contributed by atoms with Gasteiger partial charge in [0.2, 0.25) is 5.54 Å². The number of nitrogens with two attached hydrogens (primary N) is 1. The molecule has 2 fully saturated rings. The van der Waals surface area contributed by atoms with Crippen LogP contribution in [0.2, 0.25) is 0 Å². The van der Waals surface area contributed by atoms with E-state index < -0.39 is 11.1 Å². The summed E-state index contributed by atoms with van der Waals surface area (Å²) in [5, 5.41) is 0.457. The Morgan fingerprint density at radius 1 is 1.31 bits per heavy atom. The first-order valence-electron chi connectivity index (χ1n) is 10.0. The number of hydrogen-bond donors (Lipinski definition) is 2. The molecule has 1 aliphatic heterocycles. The molecule has 1 aliphatic carbocycles. The molecule has 1 saturated heterocycles. The van der Waals surface area contributed by atoms with E-state index >= 15 is 0 Å². The summed E-state index contributed by atoms with van der Waals surface area (Å²) in [4.78, 5) is 33.2. The summed E-state index contributed by atoms with van der Waals surface area (Å²) in [6.45, 7) is 12.7. The molecule has 1 aromatic heterocycles. The molecule has 0 spiro atoms. The van der Waals surface area contributed by atoms with Crippen LogP contribution in [0.4, 0.5) is 5.69 Å². The molecule has 2 aliphatic rings. The van der Waals surface area contributed by atoms with Gasteiger partial charge < -0.3 is 20.2 Å². The van der Waals surface area contributed by atoms with Crippen LogP contribution in [0.25, 0.3) is 15.7 Å². The van der Waals surface area contributed by atoms with Crippen molar-refractivity contribution in [1.82, 2.24) is 9.55 Å². The smallest absolute Gasteiger partial charge is 0.329 e. The molecule has 0 radical (unpaired) electrons. The third-order valence-electron chi connectivity index (χ3n) is 6.33. The summed E-state index contributed by atoms with van der Waals surface area (Å²) in [5.74, 6) is 0.737. The maximum Gasteiger partial charge on any atom is 0.329 e. The lowest BCUT2D eigenvalue weighted by atomic mass is 9.85. The number of nitrogens with zero attached hydrogens (tertiary/aromatic N) is 3. The number of nitrogens with one attached hydrogen (secondary N) is 1. The average molecular weight is 397 g/mol. The van der Waals surface area contributed by atoms with Crippen LogP contribution in [0.1, 0.15) is 39.2 Å². The molecule has 0 bridgehead atoms. The van der Waals surface area contributed by atoms with E-state index in [0.717, 1.165) is 31.5 Å². The van der Waals surface area contributed by atoms with Gasteiger partial charge in [-0.1, -0.05) is 0 Å². The monoisotopic (exact) mass is 397 g/mol. The van der Waals surface area contributed by atoms with E-state index in [-0.39, 0.29) is 23.7 Å². The predicted molar refractivity (Wildman–Crippen MR) is 113 cm³/mol. The molecule has 8 heteroatoms. The second-order valence-corrected chi connectivity index (χ2v) is 8.66. The van der Waals surface area contributed by atoms with Gasteiger partial charge in [-0.25, -0.2) is 11.4 Å². The van der Waals surface area contributed by atoms with E-state index in [0.29, 0.717) is 23.2 Å². The molecule has 0 amide bonds. The van der Waals surface area contributed by atoms with Crippen molar-refractivity contribution in [3.8, 4) is 5.75 Å². The molecule has 2 atom stereocenters. The molecule has 4 rings (SSSR count). The molecule has 8 nitrogen and oxygen atoms in total. The highest BCUT2D eigenvalue weighted by molar-refractivity contribution is 5.90. The summed E-state index contributed by atoms with van der Waals surface area (Å²) < 4.78 is 7.42. The average Bonchev–Trinajstić information content (AvgIpc) is 3.41. The number of anilines is 1. The van der Waals surface area contributed by atoms with Crippen LogP contribution in [0.3, 0.4) is 0 Å². The highest BCUT2D eigenvalue weighted by atomic mass is 16.5. The number of benzene rings is 1. The van der Waals surface area contributed by atoms with E-state index in [2.05, 4.69) is 14.7 Å². The number of fused-ring (bicyclic) bond motifs is 1. The molecular weight excluding hydrogens is 370 g/mol. The summed E-state index contributed by atoms with van der Waals surface area (Å²) in [6.07, 6.45) is 2.72. The lowest BCUT2D eigenvalue weighted by Gasteiger charge is -2.27. The molecule has 3 N–H and O–H groups in total. The van der Waals surface area contributed by atoms with Gasteiger partial charge in [-0.2, -0.15) is 0 Å². The number of rotatable bonds is 5. The third-order valence-corrected chi connectivity index (χ3v) is 6.33. The van der Waals surface area contributed by atoms with Crippen LogP contribution in [0.5, 0.6) is 5.75 Å². The van der Waals surface area contributed by atoms with Gasteiger partial charge in [-0.3, -0.25) is 14.3 Å². The fourth-order valence-corrected chi connectivity index (χ4v) is 4.39. The first kappa shape index (κ1) is 19.5. The van der Waals surface area contributed by atoms with Crippen molar-refractivity contribution in [3.05, 3.63) is 44.4 Å². The minimum absolute atomic E-state index is 0.102. The molecular formula is C21H27N5O3. The first-order valence-corrected chi connectivity index (χ1v) is 10.0. The Balaban J connectivity index is 1.78. The summed E-state index contributed by atoms with van der Waals surface area (Å²) in [7, 11) is 1.57. The highest BCUT2D eigenvalue weighted by Crippen LogP contribution is 2.42. The Hall–Kier alpha value is -2.79. The van der Waals surface area contributed by atoms with Crippen LogP contribution < -0.4 is 26.6 Å². The zero-order chi connectivity index (χ0) is 20.9. The largest absolute Gasteiger partial charge is 0.492 e. The second-order valence-electron chi connectivity index (χ2n) is 8.66. The number of hydrogen-bond acceptors (Lipinski definition) is 5. The minimum atomic E-state index is -0.617. The first-order chi connectivity index (χ1) is 13.8. The van der Waals surface area contributed by atoms with Gasteiger partial charge in [0.05, 0.1) is 24.2 Å². The lowest BCUT2D eigenvalue weighted by Crippen LogP contribution is -2.47. The molecule has 2 unspecified atom stereocenters. The van der Waals surface area contributed by atoms with Crippen molar-refractivity contribution in [2.45, 2.75) is 50.7 Å². The number of aromatic amines is 1. The van der Waals surface area contributed by atoms with Crippen molar-refractivity contribution < 1.29 is 4.74 Å². The van der Waals surface area contributed by atoms with Gasteiger partial charge >= 0.3 is 5.69 Å². The summed E-state index contributed by atoms with van der Waals surface area (Å²) >= 11 is 0. The van der Waals surface area contributed by atoms with Crippen molar-refractivity contribution in [2.75, 3.05) is 25.1 Å². The Bertz CT molecular complexity index is 1110. The SMILES string of the molecule is [C-]#[N+]C(C)(C)C(N)C1CCN(c2ccc3c(=O)[nH]c(=O)n(C4CC4)c3c2OC)C1. The van der Waals surface area contributed by atoms with Gasteiger partial charge in [-0.15, -0.1) is 0 Å². The van der Waals surface area contributed by atoms with Crippen molar-refractivity contribution >= 4 is 16.6 Å². The maximum absolute atomic E-state index is 12.5. The van der Waals surface area contributed by atoms with Crippen LogP contribution >= 0.6 is 0 Å². The van der Waals surface area contributed by atoms with Gasteiger partial charge in [0.1, 0.15) is 5.52 Å². The third kappa shape index (κ3) is 3.19. The molecule has 1 aromatic carbocycles. The van der Waals surface area contributed by atoms with Gasteiger partial charge in [0.15, 0.2) is 5.75 Å². The van der Waals surface area contributed by atoms with Gasteiger partial charge in [-0.05, 0) is 31.4 Å². The quantitative estimate of drug-likeness (QED) is 0.751. The Kier molecular flexibility index (Phi) is 4.66. The van der Waals surface area contributed by atoms with Gasteiger partial charge in [0, 0.05) is 38.9 Å². The van der Waals surface area contributed by atoms with E-state index in [9.17, 15) is 9.59 Å². The summed E-state index contributed by atoms with van der Waals surface area (Å²) in [5.41, 5.74) is 6.44. The topological polar surface area (TPSA) is 97.7 Å². The highest BCUT2D eigenvalue weighted by Gasteiger charge is 2.41. The summed E-state index contributed by atoms with van der Waals surface area (Å²) in [6, 6.07) is 3.52. The number of ether oxygens (including phenoxy) is 1. The fourth-order valence-electron chi connectivity index (χ4n) is 4.39. The zero-order valence-corrected chi connectivity index (χ0v) is 17.1. The molecule has 29 heavy (non-hydrogen) atoms.